The number of nitrogens with one attached hydrogen (secondary N) is 1. The summed E-state index contributed by atoms with van der Waals surface area (Å²) in [6.07, 6.45) is 0. The van der Waals surface area contributed by atoms with Gasteiger partial charge in [-0.3, -0.25) is 4.79 Å². The SMILES string of the molecule is CCOc1cc(C2NC(=S)N(C)C(C)=C2C(C)=O)ccc1OCc1ccccc1F. The van der Waals surface area contributed by atoms with Crippen molar-refractivity contribution < 1.29 is 18.7 Å². The van der Waals surface area contributed by atoms with Crippen molar-refractivity contribution in [2.45, 2.75) is 33.4 Å². The number of ketones is 1. The lowest BCUT2D eigenvalue weighted by molar-refractivity contribution is -0.114. The van der Waals surface area contributed by atoms with Crippen molar-refractivity contribution in [3.63, 3.8) is 0 Å². The van der Waals surface area contributed by atoms with Gasteiger partial charge in [0.25, 0.3) is 0 Å². The topological polar surface area (TPSA) is 50.8 Å². The van der Waals surface area contributed by atoms with Crippen LogP contribution in [0.25, 0.3) is 0 Å². The van der Waals surface area contributed by atoms with E-state index >= 15 is 0 Å². The Morgan fingerprint density at radius 3 is 2.60 bits per heavy atom. The Labute approximate surface area is 181 Å². The maximum absolute atomic E-state index is 13.9. The summed E-state index contributed by atoms with van der Waals surface area (Å²) in [5.41, 5.74) is 2.75. The molecule has 0 fully saturated rings. The quantitative estimate of drug-likeness (QED) is 0.654. The van der Waals surface area contributed by atoms with Gasteiger partial charge in [0.2, 0.25) is 0 Å². The van der Waals surface area contributed by atoms with Gasteiger partial charge in [0, 0.05) is 23.9 Å². The highest BCUT2D eigenvalue weighted by Gasteiger charge is 2.31. The molecule has 0 saturated heterocycles. The van der Waals surface area contributed by atoms with Gasteiger partial charge in [0.05, 0.1) is 12.6 Å². The zero-order chi connectivity index (χ0) is 21.8. The van der Waals surface area contributed by atoms with Gasteiger partial charge >= 0.3 is 0 Å². The summed E-state index contributed by atoms with van der Waals surface area (Å²) in [4.78, 5) is 14.1. The van der Waals surface area contributed by atoms with E-state index in [1.807, 2.05) is 33.0 Å². The van der Waals surface area contributed by atoms with E-state index in [1.165, 1.54) is 6.07 Å². The number of thiocarbonyl (C=S) groups is 1. The summed E-state index contributed by atoms with van der Waals surface area (Å²) < 4.78 is 25.5. The molecule has 1 N–H and O–H groups in total. The van der Waals surface area contributed by atoms with Gasteiger partial charge in [0.1, 0.15) is 12.4 Å². The lowest BCUT2D eigenvalue weighted by Gasteiger charge is -2.35. The second-order valence-corrected chi connectivity index (χ2v) is 7.40. The van der Waals surface area contributed by atoms with Crippen LogP contribution in [-0.4, -0.2) is 29.5 Å². The van der Waals surface area contributed by atoms with Crippen molar-refractivity contribution in [3.05, 3.63) is 70.7 Å². The molecule has 1 aliphatic rings. The van der Waals surface area contributed by atoms with E-state index < -0.39 is 0 Å². The molecule has 0 radical (unpaired) electrons. The zero-order valence-corrected chi connectivity index (χ0v) is 18.3. The first-order valence-corrected chi connectivity index (χ1v) is 10.1. The van der Waals surface area contributed by atoms with Gasteiger partial charge in [-0.25, -0.2) is 4.39 Å². The first-order valence-electron chi connectivity index (χ1n) is 9.72. The molecule has 2 aromatic rings. The third kappa shape index (κ3) is 4.46. The number of carbonyl (C=O) groups is 1. The molecule has 1 unspecified atom stereocenters. The highest BCUT2D eigenvalue weighted by molar-refractivity contribution is 7.80. The van der Waals surface area contributed by atoms with Crippen molar-refractivity contribution >= 4 is 23.1 Å². The number of halogens is 1. The average molecular weight is 429 g/mol. The highest BCUT2D eigenvalue weighted by atomic mass is 32.1. The lowest BCUT2D eigenvalue weighted by Crippen LogP contribution is -2.45. The first-order chi connectivity index (χ1) is 14.3. The molecule has 0 saturated carbocycles. The summed E-state index contributed by atoms with van der Waals surface area (Å²) in [5, 5.41) is 3.77. The first kappa shape index (κ1) is 21.8. The second kappa shape index (κ2) is 9.26. The van der Waals surface area contributed by atoms with Crippen LogP contribution in [0.15, 0.2) is 53.7 Å². The van der Waals surface area contributed by atoms with E-state index in [2.05, 4.69) is 5.32 Å². The largest absolute Gasteiger partial charge is 0.490 e. The summed E-state index contributed by atoms with van der Waals surface area (Å²) in [6, 6.07) is 11.6. The fourth-order valence-corrected chi connectivity index (χ4v) is 3.66. The van der Waals surface area contributed by atoms with Crippen LogP contribution in [0.3, 0.4) is 0 Å². The number of nitrogens with zero attached hydrogens (tertiary/aromatic N) is 1. The van der Waals surface area contributed by atoms with Crippen LogP contribution in [0.2, 0.25) is 0 Å². The van der Waals surface area contributed by atoms with Gasteiger partial charge in [-0.05, 0) is 56.8 Å². The molecule has 0 spiro atoms. The normalized spacial score (nSPS) is 16.4. The standard InChI is InChI=1S/C23H25FN2O3S/c1-5-28-20-12-16(22-21(15(3)27)14(2)26(4)23(30)25-22)10-11-19(20)29-13-17-8-6-7-9-18(17)24/h6-12,22H,5,13H2,1-4H3,(H,25,30). The molecule has 1 atom stereocenters. The van der Waals surface area contributed by atoms with Gasteiger partial charge in [-0.15, -0.1) is 0 Å². The monoisotopic (exact) mass is 428 g/mol. The number of ether oxygens (including phenoxy) is 2. The minimum Gasteiger partial charge on any atom is -0.490 e. The maximum atomic E-state index is 13.9. The molecule has 0 bridgehead atoms. The van der Waals surface area contributed by atoms with Crippen molar-refractivity contribution in [2.75, 3.05) is 13.7 Å². The van der Waals surface area contributed by atoms with Crippen molar-refractivity contribution in [3.8, 4) is 11.5 Å². The molecule has 30 heavy (non-hydrogen) atoms. The Balaban J connectivity index is 1.93. The van der Waals surface area contributed by atoms with E-state index in [4.69, 9.17) is 21.7 Å². The van der Waals surface area contributed by atoms with Crippen LogP contribution in [-0.2, 0) is 11.4 Å². The number of allylic oxidation sites excluding steroid dienone is 1. The molecule has 5 nitrogen and oxygen atoms in total. The molecule has 0 amide bonds. The van der Waals surface area contributed by atoms with Crippen molar-refractivity contribution in [1.82, 2.24) is 10.2 Å². The van der Waals surface area contributed by atoms with E-state index in [0.717, 1.165) is 11.3 Å². The number of Topliss-reactive ketones (excluding diaryl/α,β-unsaturated/α-hetero) is 1. The summed E-state index contributed by atoms with van der Waals surface area (Å²) >= 11 is 5.42. The molecule has 2 aromatic carbocycles. The summed E-state index contributed by atoms with van der Waals surface area (Å²) in [7, 11) is 1.83. The van der Waals surface area contributed by atoms with Gasteiger partial charge in [0.15, 0.2) is 22.4 Å². The highest BCUT2D eigenvalue weighted by Crippen LogP contribution is 2.36. The van der Waals surface area contributed by atoms with Crippen LogP contribution in [0.1, 0.15) is 37.9 Å². The number of benzene rings is 2. The minimum absolute atomic E-state index is 0.0304. The molecule has 158 valence electrons. The Hall–Kier alpha value is -2.93. The molecule has 0 aliphatic carbocycles. The number of hydrogen-bond donors (Lipinski definition) is 1. The predicted molar refractivity (Wildman–Crippen MR) is 118 cm³/mol. The van der Waals surface area contributed by atoms with Crippen LogP contribution >= 0.6 is 12.2 Å². The van der Waals surface area contributed by atoms with Crippen LogP contribution in [0.4, 0.5) is 4.39 Å². The maximum Gasteiger partial charge on any atom is 0.173 e. The van der Waals surface area contributed by atoms with E-state index in [0.29, 0.717) is 34.4 Å². The fourth-order valence-electron chi connectivity index (χ4n) is 3.41. The van der Waals surface area contributed by atoms with Crippen LogP contribution in [0.5, 0.6) is 11.5 Å². The zero-order valence-electron chi connectivity index (χ0n) is 17.5. The smallest absolute Gasteiger partial charge is 0.173 e. The molecule has 1 heterocycles. The molecule has 1 aliphatic heterocycles. The van der Waals surface area contributed by atoms with E-state index in [9.17, 15) is 9.18 Å². The number of rotatable bonds is 7. The van der Waals surface area contributed by atoms with Gasteiger partial charge in [-0.2, -0.15) is 0 Å². The lowest BCUT2D eigenvalue weighted by atomic mass is 9.92. The van der Waals surface area contributed by atoms with Gasteiger partial charge in [-0.1, -0.05) is 24.3 Å². The van der Waals surface area contributed by atoms with Crippen LogP contribution in [0, 0.1) is 5.82 Å². The van der Waals surface area contributed by atoms with Gasteiger partial charge < -0.3 is 19.7 Å². The summed E-state index contributed by atoms with van der Waals surface area (Å²) in [5.74, 6) is 0.683. The minimum atomic E-state index is -0.383. The Kier molecular flexibility index (Phi) is 6.72. The molecule has 7 heteroatoms. The summed E-state index contributed by atoms with van der Waals surface area (Å²) in [6.45, 7) is 5.83. The van der Waals surface area contributed by atoms with Crippen molar-refractivity contribution in [2.24, 2.45) is 0 Å². The van der Waals surface area contributed by atoms with Crippen LogP contribution < -0.4 is 14.8 Å². The predicted octanol–water partition coefficient (Wildman–Crippen LogP) is 4.53. The number of carbonyl (C=O) groups excluding carboxylic acids is 1. The fraction of sp³-hybridized carbons (Fsp3) is 0.304. The Morgan fingerprint density at radius 2 is 1.93 bits per heavy atom. The molecular formula is C23H25FN2O3S. The molecule has 3 rings (SSSR count). The molecule has 0 aromatic heterocycles. The average Bonchev–Trinajstić information content (AvgIpc) is 2.71. The Bertz CT molecular complexity index is 1010. The second-order valence-electron chi connectivity index (χ2n) is 7.02. The van der Waals surface area contributed by atoms with E-state index in [-0.39, 0.29) is 24.2 Å². The van der Waals surface area contributed by atoms with Crippen molar-refractivity contribution in [1.29, 1.82) is 0 Å². The van der Waals surface area contributed by atoms with E-state index in [1.54, 1.807) is 36.1 Å². The Morgan fingerprint density at radius 1 is 1.20 bits per heavy atom. The third-order valence-electron chi connectivity index (χ3n) is 5.08. The third-order valence-corrected chi connectivity index (χ3v) is 5.47. The molecular weight excluding hydrogens is 403 g/mol. The number of hydrogen-bond acceptors (Lipinski definition) is 4.